The lowest BCUT2D eigenvalue weighted by molar-refractivity contribution is -0.138. The third-order valence-corrected chi connectivity index (χ3v) is 6.63. The quantitative estimate of drug-likeness (QED) is 0.836. The van der Waals surface area contributed by atoms with Crippen molar-refractivity contribution in [2.75, 3.05) is 25.1 Å². The van der Waals surface area contributed by atoms with Crippen LogP contribution in [0.4, 0.5) is 5.69 Å². The van der Waals surface area contributed by atoms with Crippen molar-refractivity contribution in [1.29, 1.82) is 0 Å². The molecule has 27 heavy (non-hydrogen) atoms. The largest absolute Gasteiger partial charge is 0.497 e. The van der Waals surface area contributed by atoms with Crippen molar-refractivity contribution in [3.05, 3.63) is 59.7 Å². The summed E-state index contributed by atoms with van der Waals surface area (Å²) in [5.74, 6) is 1.17. The average molecular weight is 362 g/mol. The molecule has 1 amide bonds. The molecule has 2 bridgehead atoms. The van der Waals surface area contributed by atoms with Crippen LogP contribution in [0.3, 0.4) is 0 Å². The maximum absolute atomic E-state index is 13.5. The van der Waals surface area contributed by atoms with Crippen molar-refractivity contribution in [3.8, 4) is 5.75 Å². The molecule has 3 saturated heterocycles. The van der Waals surface area contributed by atoms with Crippen LogP contribution in [0.5, 0.6) is 5.75 Å². The first kappa shape index (κ1) is 16.7. The first-order chi connectivity index (χ1) is 13.2. The lowest BCUT2D eigenvalue weighted by Crippen LogP contribution is -2.64. The van der Waals surface area contributed by atoms with Crippen LogP contribution < -0.4 is 9.64 Å². The third kappa shape index (κ3) is 2.78. The van der Waals surface area contributed by atoms with Crippen molar-refractivity contribution in [2.45, 2.75) is 43.7 Å². The van der Waals surface area contributed by atoms with Crippen LogP contribution >= 0.6 is 0 Å². The number of methoxy groups -OCH3 is 1. The average Bonchev–Trinajstić information content (AvgIpc) is 3.17. The summed E-state index contributed by atoms with van der Waals surface area (Å²) in [6.45, 7) is 1.81. The van der Waals surface area contributed by atoms with E-state index in [-0.39, 0.29) is 5.92 Å². The van der Waals surface area contributed by atoms with Crippen molar-refractivity contribution in [2.24, 2.45) is 0 Å². The molecule has 4 aliphatic rings. The van der Waals surface area contributed by atoms with Crippen LogP contribution in [0.15, 0.2) is 48.5 Å². The van der Waals surface area contributed by atoms with E-state index in [1.807, 2.05) is 6.07 Å². The van der Waals surface area contributed by atoms with Gasteiger partial charge in [0.25, 0.3) is 0 Å². The number of carbonyl (C=O) groups is 1. The number of piperazine rings is 1. The van der Waals surface area contributed by atoms with Crippen molar-refractivity contribution >= 4 is 11.6 Å². The van der Waals surface area contributed by atoms with Gasteiger partial charge in [-0.1, -0.05) is 24.3 Å². The minimum absolute atomic E-state index is 0.000347. The Morgan fingerprint density at radius 2 is 1.81 bits per heavy atom. The molecule has 140 valence electrons. The van der Waals surface area contributed by atoms with E-state index in [9.17, 15) is 4.79 Å². The normalized spacial score (nSPS) is 26.2. The van der Waals surface area contributed by atoms with E-state index in [0.29, 0.717) is 18.0 Å². The zero-order valence-electron chi connectivity index (χ0n) is 15.8. The molecule has 0 N–H and O–H groups in total. The van der Waals surface area contributed by atoms with Gasteiger partial charge >= 0.3 is 0 Å². The summed E-state index contributed by atoms with van der Waals surface area (Å²) in [6.07, 6.45) is 4.22. The molecule has 3 unspecified atom stereocenters. The molecule has 1 aliphatic carbocycles. The second kappa shape index (κ2) is 6.59. The first-order valence-electron chi connectivity index (χ1n) is 10.0. The van der Waals surface area contributed by atoms with E-state index in [1.165, 1.54) is 23.2 Å². The number of amides is 1. The van der Waals surface area contributed by atoms with Gasteiger partial charge in [0.2, 0.25) is 5.91 Å². The summed E-state index contributed by atoms with van der Waals surface area (Å²) < 4.78 is 5.39. The molecule has 0 spiro atoms. The molecule has 3 aliphatic heterocycles. The number of hydrogen-bond acceptors (Lipinski definition) is 3. The number of carbonyl (C=O) groups excluding carboxylic acids is 1. The fourth-order valence-corrected chi connectivity index (χ4v) is 5.20. The minimum Gasteiger partial charge on any atom is -0.497 e. The summed E-state index contributed by atoms with van der Waals surface area (Å²) in [4.78, 5) is 18.2. The van der Waals surface area contributed by atoms with Gasteiger partial charge in [0.1, 0.15) is 5.75 Å². The minimum atomic E-state index is -0.000347. The molecule has 2 aromatic rings. The maximum atomic E-state index is 13.5. The molecular formula is C23H26N2O2. The Morgan fingerprint density at radius 3 is 2.56 bits per heavy atom. The number of rotatable bonds is 3. The highest BCUT2D eigenvalue weighted by Gasteiger charge is 2.43. The molecule has 2 aromatic carbocycles. The van der Waals surface area contributed by atoms with Crippen LogP contribution in [-0.2, 0) is 11.2 Å². The van der Waals surface area contributed by atoms with Crippen LogP contribution in [0.25, 0.3) is 0 Å². The number of fused-ring (bicyclic) bond motifs is 4. The van der Waals surface area contributed by atoms with Crippen molar-refractivity contribution in [1.82, 2.24) is 4.90 Å². The predicted molar refractivity (Wildman–Crippen MR) is 106 cm³/mol. The van der Waals surface area contributed by atoms with Crippen molar-refractivity contribution in [3.63, 3.8) is 0 Å². The highest BCUT2D eigenvalue weighted by molar-refractivity contribution is 5.86. The lowest BCUT2D eigenvalue weighted by Gasteiger charge is -2.53. The summed E-state index contributed by atoms with van der Waals surface area (Å²) in [5.41, 5.74) is 3.78. The number of piperidine rings is 2. The smallest absolute Gasteiger partial charge is 0.230 e. The number of para-hydroxylation sites is 1. The fraction of sp³-hybridized carbons (Fsp3) is 0.435. The maximum Gasteiger partial charge on any atom is 0.230 e. The molecular weight excluding hydrogens is 336 g/mol. The molecule has 3 heterocycles. The lowest BCUT2D eigenvalue weighted by atomic mass is 9.88. The summed E-state index contributed by atoms with van der Waals surface area (Å²) in [5, 5.41) is 0. The standard InChI is InChI=1S/C23H26N2O2/c1-27-20-11-7-16-8-12-21(22(16)13-20)23(26)25-15-18-9-10-19(25)14-24(18)17-5-3-2-4-6-17/h2-7,11,13,18-19,21H,8-10,12,14-15H2,1H3. The van der Waals surface area contributed by atoms with Gasteiger partial charge in [-0.3, -0.25) is 4.79 Å². The van der Waals surface area contributed by atoms with Crippen molar-refractivity contribution < 1.29 is 9.53 Å². The summed E-state index contributed by atoms with van der Waals surface area (Å²) in [7, 11) is 1.69. The number of benzene rings is 2. The highest BCUT2D eigenvalue weighted by Crippen LogP contribution is 2.40. The Morgan fingerprint density at radius 1 is 1.00 bits per heavy atom. The van der Waals surface area contributed by atoms with E-state index in [0.717, 1.165) is 38.1 Å². The number of anilines is 1. The summed E-state index contributed by atoms with van der Waals surface area (Å²) >= 11 is 0. The molecule has 0 aromatic heterocycles. The van der Waals surface area contributed by atoms with Gasteiger partial charge in [-0.2, -0.15) is 0 Å². The van der Waals surface area contributed by atoms with Gasteiger partial charge in [0, 0.05) is 30.9 Å². The van der Waals surface area contributed by atoms with E-state index in [2.05, 4.69) is 52.3 Å². The van der Waals surface area contributed by atoms with E-state index < -0.39 is 0 Å². The van der Waals surface area contributed by atoms with Crippen LogP contribution in [0, 0.1) is 0 Å². The number of hydrogen-bond donors (Lipinski definition) is 0. The van der Waals surface area contributed by atoms with E-state index in [4.69, 9.17) is 4.74 Å². The molecule has 3 fully saturated rings. The van der Waals surface area contributed by atoms with Gasteiger partial charge < -0.3 is 14.5 Å². The predicted octanol–water partition coefficient (Wildman–Crippen LogP) is 3.60. The second-order valence-electron chi connectivity index (χ2n) is 8.02. The Bertz CT molecular complexity index is 851. The van der Waals surface area contributed by atoms with Gasteiger partial charge in [0.15, 0.2) is 0 Å². The Hall–Kier alpha value is -2.49. The van der Waals surface area contributed by atoms with Gasteiger partial charge in [0.05, 0.1) is 13.0 Å². The molecule has 4 heteroatoms. The number of nitrogens with zero attached hydrogens (tertiary/aromatic N) is 2. The highest BCUT2D eigenvalue weighted by atomic mass is 16.5. The zero-order valence-corrected chi connectivity index (χ0v) is 15.8. The summed E-state index contributed by atoms with van der Waals surface area (Å²) in [6, 6.07) is 17.6. The Balaban J connectivity index is 1.36. The van der Waals surface area contributed by atoms with Gasteiger partial charge in [-0.05, 0) is 61.1 Å². The third-order valence-electron chi connectivity index (χ3n) is 6.63. The molecule has 4 nitrogen and oxygen atoms in total. The van der Waals surface area contributed by atoms with Gasteiger partial charge in [-0.25, -0.2) is 0 Å². The molecule has 6 rings (SSSR count). The molecule has 0 radical (unpaired) electrons. The van der Waals surface area contributed by atoms with E-state index >= 15 is 0 Å². The molecule has 0 saturated carbocycles. The number of ether oxygens (including phenoxy) is 1. The second-order valence-corrected chi connectivity index (χ2v) is 8.02. The van der Waals surface area contributed by atoms with Crippen LogP contribution in [-0.4, -0.2) is 43.1 Å². The zero-order chi connectivity index (χ0) is 18.4. The van der Waals surface area contributed by atoms with Gasteiger partial charge in [-0.15, -0.1) is 0 Å². The van der Waals surface area contributed by atoms with Crippen LogP contribution in [0.2, 0.25) is 0 Å². The SMILES string of the molecule is COc1ccc2c(c1)C(C(=O)N1CC3CCC1CN3c1ccccc1)CC2. The fourth-order valence-electron chi connectivity index (χ4n) is 5.20. The number of aryl methyl sites for hydroxylation is 1. The van der Waals surface area contributed by atoms with Crippen LogP contribution in [0.1, 0.15) is 36.3 Å². The topological polar surface area (TPSA) is 32.8 Å². The van der Waals surface area contributed by atoms with E-state index in [1.54, 1.807) is 7.11 Å². The Kier molecular flexibility index (Phi) is 4.07. The first-order valence-corrected chi connectivity index (χ1v) is 10.0. The molecule has 3 atom stereocenters. The monoisotopic (exact) mass is 362 g/mol. The Labute approximate surface area is 160 Å².